The Morgan fingerprint density at radius 2 is 2.15 bits per heavy atom. The Hall–Kier alpha value is -1.66. The third kappa shape index (κ3) is 4.47. The van der Waals surface area contributed by atoms with Crippen LogP contribution in [0, 0.1) is 5.82 Å². The first-order valence-corrected chi connectivity index (χ1v) is 6.39. The molecule has 0 bridgehead atoms. The van der Waals surface area contributed by atoms with Gasteiger partial charge < -0.3 is 15.3 Å². The lowest BCUT2D eigenvalue weighted by Gasteiger charge is -2.17. The number of aliphatic hydroxyl groups is 1. The summed E-state index contributed by atoms with van der Waals surface area (Å²) in [4.78, 5) is 24.6. The van der Waals surface area contributed by atoms with Crippen molar-refractivity contribution in [3.05, 3.63) is 29.0 Å². The standard InChI is InChI=1S/C13H16ClFN2O3/c1-8(18)6-7-17(2)13(20)12(19)16-10-5-3-4-9(14)11(10)15/h3-5,8,18H,6-7H2,1-2H3,(H,16,19). The summed E-state index contributed by atoms with van der Waals surface area (Å²) in [5.74, 6) is -2.56. The second-order valence-electron chi connectivity index (χ2n) is 4.42. The van der Waals surface area contributed by atoms with Crippen LogP contribution in [-0.4, -0.2) is 41.5 Å². The van der Waals surface area contributed by atoms with Crippen molar-refractivity contribution >= 4 is 29.1 Å². The van der Waals surface area contributed by atoms with E-state index in [2.05, 4.69) is 5.32 Å². The first-order chi connectivity index (χ1) is 9.32. The van der Waals surface area contributed by atoms with Crippen LogP contribution in [0.15, 0.2) is 18.2 Å². The van der Waals surface area contributed by atoms with Crippen LogP contribution in [0.2, 0.25) is 5.02 Å². The number of aliphatic hydroxyl groups excluding tert-OH is 1. The lowest BCUT2D eigenvalue weighted by molar-refractivity contribution is -0.142. The maximum atomic E-state index is 13.6. The molecule has 0 aliphatic rings. The van der Waals surface area contributed by atoms with E-state index in [4.69, 9.17) is 16.7 Å². The predicted octanol–water partition coefficient (Wildman–Crippen LogP) is 1.65. The van der Waals surface area contributed by atoms with E-state index in [9.17, 15) is 14.0 Å². The Morgan fingerprint density at radius 1 is 1.50 bits per heavy atom. The highest BCUT2D eigenvalue weighted by molar-refractivity contribution is 6.39. The molecular weight excluding hydrogens is 287 g/mol. The number of hydrogen-bond acceptors (Lipinski definition) is 3. The van der Waals surface area contributed by atoms with Crippen LogP contribution in [0.5, 0.6) is 0 Å². The molecule has 0 aromatic heterocycles. The van der Waals surface area contributed by atoms with E-state index in [-0.39, 0.29) is 17.3 Å². The lowest BCUT2D eigenvalue weighted by Crippen LogP contribution is -2.38. The fourth-order valence-corrected chi connectivity index (χ4v) is 1.61. The lowest BCUT2D eigenvalue weighted by atomic mass is 10.2. The molecule has 1 unspecified atom stereocenters. The smallest absolute Gasteiger partial charge is 0.313 e. The van der Waals surface area contributed by atoms with Gasteiger partial charge in [0.05, 0.1) is 16.8 Å². The Kier molecular flexibility index (Phi) is 5.91. The molecule has 1 rings (SSSR count). The summed E-state index contributed by atoms with van der Waals surface area (Å²) in [7, 11) is 1.43. The molecule has 1 atom stereocenters. The Balaban J connectivity index is 2.66. The number of amides is 2. The quantitative estimate of drug-likeness (QED) is 0.831. The van der Waals surface area contributed by atoms with Crippen molar-refractivity contribution < 1.29 is 19.1 Å². The number of likely N-dealkylation sites (N-methyl/N-ethyl adjacent to an activating group) is 1. The van der Waals surface area contributed by atoms with Crippen molar-refractivity contribution in [2.45, 2.75) is 19.4 Å². The molecule has 0 fully saturated rings. The normalized spacial score (nSPS) is 11.8. The topological polar surface area (TPSA) is 69.6 Å². The number of nitrogens with zero attached hydrogens (tertiary/aromatic N) is 1. The molecule has 110 valence electrons. The average Bonchev–Trinajstić information content (AvgIpc) is 2.40. The Morgan fingerprint density at radius 3 is 2.75 bits per heavy atom. The van der Waals surface area contributed by atoms with E-state index in [0.717, 1.165) is 4.90 Å². The number of rotatable bonds is 4. The monoisotopic (exact) mass is 302 g/mol. The van der Waals surface area contributed by atoms with E-state index in [1.165, 1.54) is 25.2 Å². The molecule has 0 radical (unpaired) electrons. The van der Waals surface area contributed by atoms with Crippen molar-refractivity contribution in [2.24, 2.45) is 0 Å². The minimum Gasteiger partial charge on any atom is -0.393 e. The minimum absolute atomic E-state index is 0.141. The van der Waals surface area contributed by atoms with Gasteiger partial charge in [-0.3, -0.25) is 9.59 Å². The molecule has 0 saturated heterocycles. The second-order valence-corrected chi connectivity index (χ2v) is 4.83. The van der Waals surface area contributed by atoms with Gasteiger partial charge in [-0.05, 0) is 25.5 Å². The van der Waals surface area contributed by atoms with E-state index < -0.39 is 23.7 Å². The number of benzene rings is 1. The molecule has 1 aromatic carbocycles. The van der Waals surface area contributed by atoms with E-state index in [1.807, 2.05) is 0 Å². The van der Waals surface area contributed by atoms with Crippen LogP contribution in [-0.2, 0) is 9.59 Å². The van der Waals surface area contributed by atoms with Gasteiger partial charge in [0.25, 0.3) is 0 Å². The van der Waals surface area contributed by atoms with Crippen molar-refractivity contribution in [3.8, 4) is 0 Å². The SMILES string of the molecule is CC(O)CCN(C)C(=O)C(=O)Nc1cccc(Cl)c1F. The largest absolute Gasteiger partial charge is 0.393 e. The van der Waals surface area contributed by atoms with Crippen LogP contribution < -0.4 is 5.32 Å². The Labute approximate surface area is 121 Å². The molecule has 7 heteroatoms. The van der Waals surface area contributed by atoms with Crippen LogP contribution in [0.3, 0.4) is 0 Å². The fraction of sp³-hybridized carbons (Fsp3) is 0.385. The summed E-state index contributed by atoms with van der Waals surface area (Å²) in [6.07, 6.45) is -0.222. The molecule has 0 spiro atoms. The number of nitrogens with one attached hydrogen (secondary N) is 1. The number of anilines is 1. The van der Waals surface area contributed by atoms with Crippen LogP contribution in [0.4, 0.5) is 10.1 Å². The molecule has 0 aliphatic heterocycles. The van der Waals surface area contributed by atoms with Gasteiger partial charge in [-0.15, -0.1) is 0 Å². The minimum atomic E-state index is -0.959. The summed E-state index contributed by atoms with van der Waals surface area (Å²) in [6, 6.07) is 4.11. The van der Waals surface area contributed by atoms with Gasteiger partial charge in [-0.1, -0.05) is 17.7 Å². The summed E-state index contributed by atoms with van der Waals surface area (Å²) in [5.41, 5.74) is -0.153. The van der Waals surface area contributed by atoms with Gasteiger partial charge >= 0.3 is 11.8 Å². The molecule has 0 heterocycles. The summed E-state index contributed by atoms with van der Waals surface area (Å²) >= 11 is 5.57. The van der Waals surface area contributed by atoms with Gasteiger partial charge in [0.2, 0.25) is 0 Å². The summed E-state index contributed by atoms with van der Waals surface area (Å²) < 4.78 is 13.6. The number of halogens is 2. The van der Waals surface area contributed by atoms with Gasteiger partial charge in [0, 0.05) is 13.6 Å². The Bertz CT molecular complexity index is 508. The summed E-state index contributed by atoms with van der Waals surface area (Å²) in [6.45, 7) is 1.81. The third-order valence-electron chi connectivity index (χ3n) is 2.62. The number of carbonyl (C=O) groups is 2. The zero-order valence-electron chi connectivity index (χ0n) is 11.2. The highest BCUT2D eigenvalue weighted by atomic mass is 35.5. The van der Waals surface area contributed by atoms with Gasteiger partial charge in [0.1, 0.15) is 0 Å². The predicted molar refractivity (Wildman–Crippen MR) is 74.0 cm³/mol. The maximum absolute atomic E-state index is 13.6. The highest BCUT2D eigenvalue weighted by Crippen LogP contribution is 2.21. The molecular formula is C13H16ClFN2O3. The first kappa shape index (κ1) is 16.4. The third-order valence-corrected chi connectivity index (χ3v) is 2.91. The molecule has 5 nitrogen and oxygen atoms in total. The maximum Gasteiger partial charge on any atom is 0.313 e. The van der Waals surface area contributed by atoms with E-state index in [1.54, 1.807) is 6.92 Å². The molecule has 1 aromatic rings. The van der Waals surface area contributed by atoms with Crippen molar-refractivity contribution in [2.75, 3.05) is 18.9 Å². The molecule has 2 N–H and O–H groups in total. The van der Waals surface area contributed by atoms with Crippen LogP contribution in [0.1, 0.15) is 13.3 Å². The second kappa shape index (κ2) is 7.21. The van der Waals surface area contributed by atoms with Gasteiger partial charge in [-0.25, -0.2) is 4.39 Å². The van der Waals surface area contributed by atoms with Crippen molar-refractivity contribution in [1.29, 1.82) is 0 Å². The zero-order chi connectivity index (χ0) is 15.3. The van der Waals surface area contributed by atoms with Crippen molar-refractivity contribution in [3.63, 3.8) is 0 Å². The van der Waals surface area contributed by atoms with Crippen molar-refractivity contribution in [1.82, 2.24) is 4.90 Å². The zero-order valence-corrected chi connectivity index (χ0v) is 11.9. The van der Waals surface area contributed by atoms with Crippen LogP contribution >= 0.6 is 11.6 Å². The molecule has 0 aliphatic carbocycles. The average molecular weight is 303 g/mol. The first-order valence-electron chi connectivity index (χ1n) is 6.01. The van der Waals surface area contributed by atoms with E-state index in [0.29, 0.717) is 6.42 Å². The highest BCUT2D eigenvalue weighted by Gasteiger charge is 2.20. The summed E-state index contributed by atoms with van der Waals surface area (Å²) in [5, 5.41) is 11.1. The molecule has 0 saturated carbocycles. The van der Waals surface area contributed by atoms with Gasteiger partial charge in [-0.2, -0.15) is 0 Å². The molecule has 2 amide bonds. The van der Waals surface area contributed by atoms with E-state index >= 15 is 0 Å². The number of hydrogen-bond donors (Lipinski definition) is 2. The number of carbonyl (C=O) groups excluding carboxylic acids is 2. The van der Waals surface area contributed by atoms with Gasteiger partial charge in [0.15, 0.2) is 5.82 Å². The fourth-order valence-electron chi connectivity index (χ4n) is 1.43. The molecule has 20 heavy (non-hydrogen) atoms. The van der Waals surface area contributed by atoms with Crippen LogP contribution in [0.25, 0.3) is 0 Å².